The highest BCUT2D eigenvalue weighted by atomic mass is 16.3. The van der Waals surface area contributed by atoms with E-state index in [0.29, 0.717) is 6.54 Å². The third kappa shape index (κ3) is 2.31. The molecule has 0 radical (unpaired) electrons. The number of aromatic nitrogens is 3. The van der Waals surface area contributed by atoms with Crippen molar-refractivity contribution in [2.75, 3.05) is 30.9 Å². The summed E-state index contributed by atoms with van der Waals surface area (Å²) < 4.78 is 1.95. The van der Waals surface area contributed by atoms with Gasteiger partial charge in [0.1, 0.15) is 5.82 Å². The highest BCUT2D eigenvalue weighted by Crippen LogP contribution is 2.31. The topological polar surface area (TPSA) is 65.7 Å². The molecule has 0 atom stereocenters. The van der Waals surface area contributed by atoms with Crippen LogP contribution in [0.1, 0.15) is 25.7 Å². The van der Waals surface area contributed by atoms with Gasteiger partial charge in [0.25, 0.3) is 0 Å². The molecule has 3 rings (SSSR count). The normalized spacial score (nSPS) is 17.6. The molecule has 1 aliphatic carbocycles. The number of anilines is 2. The first-order valence-corrected chi connectivity index (χ1v) is 7.06. The van der Waals surface area contributed by atoms with Gasteiger partial charge >= 0.3 is 0 Å². The average molecular weight is 275 g/mol. The number of hydrogen-bond acceptors (Lipinski definition) is 5. The molecule has 0 spiro atoms. The van der Waals surface area contributed by atoms with Crippen molar-refractivity contribution in [2.24, 2.45) is 0 Å². The summed E-state index contributed by atoms with van der Waals surface area (Å²) in [4.78, 5) is 11.0. The van der Waals surface area contributed by atoms with E-state index in [0.717, 1.165) is 43.0 Å². The van der Waals surface area contributed by atoms with Gasteiger partial charge < -0.3 is 19.7 Å². The van der Waals surface area contributed by atoms with Crippen molar-refractivity contribution in [2.45, 2.75) is 31.3 Å². The Morgan fingerprint density at radius 1 is 1.45 bits per heavy atom. The predicted molar refractivity (Wildman–Crippen MR) is 79.2 cm³/mol. The van der Waals surface area contributed by atoms with Crippen LogP contribution >= 0.6 is 0 Å². The second-order valence-electron chi connectivity index (χ2n) is 5.65. The summed E-state index contributed by atoms with van der Waals surface area (Å²) in [5, 5.41) is 13.6. The van der Waals surface area contributed by atoms with E-state index in [-0.39, 0.29) is 0 Å². The fourth-order valence-electron chi connectivity index (χ4n) is 3.00. The quantitative estimate of drug-likeness (QED) is 0.885. The third-order valence-corrected chi connectivity index (χ3v) is 4.04. The fraction of sp³-hybridized carbons (Fsp3) is 0.571. The lowest BCUT2D eigenvalue weighted by atomic mass is 10.0. The SMILES string of the molecule is CNc1cn2ccnc2c(N(C)CC2(O)CCCC2)n1. The molecule has 2 aromatic rings. The molecule has 20 heavy (non-hydrogen) atoms. The second-order valence-corrected chi connectivity index (χ2v) is 5.65. The molecule has 6 heteroatoms. The van der Waals surface area contributed by atoms with Crippen molar-refractivity contribution >= 4 is 17.3 Å². The molecule has 2 N–H and O–H groups in total. The van der Waals surface area contributed by atoms with E-state index in [9.17, 15) is 5.11 Å². The first-order valence-electron chi connectivity index (χ1n) is 7.06. The van der Waals surface area contributed by atoms with Crippen LogP contribution in [0.25, 0.3) is 5.65 Å². The van der Waals surface area contributed by atoms with Crippen LogP contribution in [0, 0.1) is 0 Å². The van der Waals surface area contributed by atoms with Crippen LogP contribution < -0.4 is 10.2 Å². The van der Waals surface area contributed by atoms with Crippen molar-refractivity contribution in [3.63, 3.8) is 0 Å². The Morgan fingerprint density at radius 2 is 2.20 bits per heavy atom. The van der Waals surface area contributed by atoms with Gasteiger partial charge in [0.2, 0.25) is 0 Å². The zero-order valence-corrected chi connectivity index (χ0v) is 12.0. The summed E-state index contributed by atoms with van der Waals surface area (Å²) >= 11 is 0. The molecule has 1 fully saturated rings. The predicted octanol–water partition coefficient (Wildman–Crippen LogP) is 1.51. The Hall–Kier alpha value is -1.82. The van der Waals surface area contributed by atoms with Crippen molar-refractivity contribution in [3.8, 4) is 0 Å². The summed E-state index contributed by atoms with van der Waals surface area (Å²) in [7, 11) is 3.81. The molecule has 6 nitrogen and oxygen atoms in total. The van der Waals surface area contributed by atoms with Gasteiger partial charge in [-0.1, -0.05) is 12.8 Å². The lowest BCUT2D eigenvalue weighted by Crippen LogP contribution is -2.39. The standard InChI is InChI=1S/C14H21N5O/c1-15-11-9-19-8-7-16-12(19)13(17-11)18(2)10-14(20)5-3-4-6-14/h7-9,15,20H,3-6,10H2,1-2H3. The van der Waals surface area contributed by atoms with Gasteiger partial charge in [-0.15, -0.1) is 0 Å². The number of nitrogens with zero attached hydrogens (tertiary/aromatic N) is 4. The van der Waals surface area contributed by atoms with E-state index in [1.807, 2.05) is 35.8 Å². The van der Waals surface area contributed by atoms with Gasteiger partial charge in [-0.2, -0.15) is 0 Å². The molecular formula is C14H21N5O. The van der Waals surface area contributed by atoms with E-state index in [2.05, 4.69) is 15.3 Å². The van der Waals surface area contributed by atoms with Crippen LogP contribution in [-0.4, -0.2) is 45.7 Å². The molecule has 1 aliphatic rings. The number of nitrogens with one attached hydrogen (secondary N) is 1. The summed E-state index contributed by atoms with van der Waals surface area (Å²) in [6.07, 6.45) is 9.52. The number of aliphatic hydroxyl groups is 1. The molecule has 2 heterocycles. The smallest absolute Gasteiger partial charge is 0.180 e. The average Bonchev–Trinajstić information content (AvgIpc) is 3.05. The van der Waals surface area contributed by atoms with Crippen molar-refractivity contribution < 1.29 is 5.11 Å². The summed E-state index contributed by atoms with van der Waals surface area (Å²) in [6, 6.07) is 0. The van der Waals surface area contributed by atoms with Crippen LogP contribution in [-0.2, 0) is 0 Å². The van der Waals surface area contributed by atoms with E-state index in [1.165, 1.54) is 0 Å². The fourth-order valence-corrected chi connectivity index (χ4v) is 3.00. The Labute approximate surface area is 118 Å². The Bertz CT molecular complexity index is 603. The number of fused-ring (bicyclic) bond motifs is 1. The maximum atomic E-state index is 10.6. The zero-order chi connectivity index (χ0) is 14.2. The number of likely N-dealkylation sites (N-methyl/N-ethyl adjacent to an activating group) is 1. The van der Waals surface area contributed by atoms with Gasteiger partial charge in [0, 0.05) is 33.0 Å². The summed E-state index contributed by atoms with van der Waals surface area (Å²) in [5.74, 6) is 1.58. The number of imidazole rings is 1. The lowest BCUT2D eigenvalue weighted by Gasteiger charge is -2.29. The van der Waals surface area contributed by atoms with Crippen LogP contribution in [0.3, 0.4) is 0 Å². The molecule has 0 aliphatic heterocycles. The highest BCUT2D eigenvalue weighted by Gasteiger charge is 2.33. The Morgan fingerprint density at radius 3 is 2.90 bits per heavy atom. The molecule has 0 aromatic carbocycles. The molecule has 108 valence electrons. The molecule has 1 saturated carbocycles. The van der Waals surface area contributed by atoms with Crippen LogP contribution in [0.15, 0.2) is 18.6 Å². The third-order valence-electron chi connectivity index (χ3n) is 4.04. The number of rotatable bonds is 4. The number of hydrogen-bond donors (Lipinski definition) is 2. The molecule has 0 bridgehead atoms. The zero-order valence-electron chi connectivity index (χ0n) is 12.0. The molecule has 2 aromatic heterocycles. The maximum absolute atomic E-state index is 10.6. The molecular weight excluding hydrogens is 254 g/mol. The monoisotopic (exact) mass is 275 g/mol. The Kier molecular flexibility index (Phi) is 3.25. The van der Waals surface area contributed by atoms with Crippen molar-refractivity contribution in [1.82, 2.24) is 14.4 Å². The van der Waals surface area contributed by atoms with Crippen molar-refractivity contribution in [3.05, 3.63) is 18.6 Å². The van der Waals surface area contributed by atoms with Gasteiger partial charge in [-0.25, -0.2) is 9.97 Å². The Balaban J connectivity index is 1.93. The van der Waals surface area contributed by atoms with Crippen molar-refractivity contribution in [1.29, 1.82) is 0 Å². The van der Waals surface area contributed by atoms with Crippen LogP contribution in [0.5, 0.6) is 0 Å². The molecule has 0 amide bonds. The maximum Gasteiger partial charge on any atom is 0.180 e. The first-order chi connectivity index (χ1) is 9.61. The minimum atomic E-state index is -0.588. The molecule has 0 saturated heterocycles. The largest absolute Gasteiger partial charge is 0.388 e. The highest BCUT2D eigenvalue weighted by molar-refractivity contribution is 5.66. The van der Waals surface area contributed by atoms with E-state index in [1.54, 1.807) is 6.20 Å². The van der Waals surface area contributed by atoms with Crippen LogP contribution in [0.4, 0.5) is 11.6 Å². The molecule has 0 unspecified atom stereocenters. The summed E-state index contributed by atoms with van der Waals surface area (Å²) in [6.45, 7) is 0.593. The van der Waals surface area contributed by atoms with E-state index in [4.69, 9.17) is 0 Å². The lowest BCUT2D eigenvalue weighted by molar-refractivity contribution is 0.0558. The van der Waals surface area contributed by atoms with Crippen LogP contribution in [0.2, 0.25) is 0 Å². The minimum Gasteiger partial charge on any atom is -0.388 e. The van der Waals surface area contributed by atoms with E-state index < -0.39 is 5.60 Å². The minimum absolute atomic E-state index is 0.588. The second kappa shape index (κ2) is 4.94. The van der Waals surface area contributed by atoms with Gasteiger partial charge in [-0.05, 0) is 12.8 Å². The first kappa shape index (κ1) is 13.2. The van der Waals surface area contributed by atoms with E-state index >= 15 is 0 Å². The van der Waals surface area contributed by atoms with Gasteiger partial charge in [0.05, 0.1) is 11.8 Å². The summed E-state index contributed by atoms with van der Waals surface area (Å²) in [5.41, 5.74) is 0.225. The van der Waals surface area contributed by atoms with Gasteiger partial charge in [-0.3, -0.25) is 0 Å². The van der Waals surface area contributed by atoms with Gasteiger partial charge in [0.15, 0.2) is 11.5 Å².